The van der Waals surface area contributed by atoms with E-state index in [9.17, 15) is 4.57 Å². The summed E-state index contributed by atoms with van der Waals surface area (Å²) >= 11 is 5.88. The topological polar surface area (TPSA) is 26.3 Å². The summed E-state index contributed by atoms with van der Waals surface area (Å²) in [5, 5.41) is -0.719. The van der Waals surface area contributed by atoms with Crippen LogP contribution in [0.4, 0.5) is 0 Å². The van der Waals surface area contributed by atoms with Crippen molar-refractivity contribution in [1.29, 1.82) is 0 Å². The fraction of sp³-hybridized carbons (Fsp3) is 0.538. The van der Waals surface area contributed by atoms with Gasteiger partial charge in [0.25, 0.3) is 0 Å². The van der Waals surface area contributed by atoms with Gasteiger partial charge in [0, 0.05) is 0 Å². The van der Waals surface area contributed by atoms with Gasteiger partial charge in [0.1, 0.15) is 5.75 Å². The first kappa shape index (κ1) is 14.6. The largest absolute Gasteiger partial charge is 0.478 e. The van der Waals surface area contributed by atoms with Crippen LogP contribution < -0.4 is 4.74 Å². The molecule has 0 fully saturated rings. The van der Waals surface area contributed by atoms with Gasteiger partial charge < -0.3 is 9.30 Å². The molecule has 0 amide bonds. The maximum atomic E-state index is 11.8. The molecule has 4 heteroatoms. The Morgan fingerprint density at radius 3 is 2.06 bits per heavy atom. The normalized spacial score (nSPS) is 13.5. The predicted molar refractivity (Wildman–Crippen MR) is 74.7 cm³/mol. The fourth-order valence-electron chi connectivity index (χ4n) is 1.87. The second-order valence-corrected chi connectivity index (χ2v) is 6.79. The van der Waals surface area contributed by atoms with Gasteiger partial charge in [-0.3, -0.25) is 0 Å². The van der Waals surface area contributed by atoms with E-state index in [-0.39, 0.29) is 0 Å². The van der Waals surface area contributed by atoms with Crippen LogP contribution in [0.2, 0.25) is 0 Å². The molecule has 0 radical (unpaired) electrons. The Morgan fingerprint density at radius 1 is 1.24 bits per heavy atom. The van der Waals surface area contributed by atoms with Gasteiger partial charge in [-0.2, -0.15) is 0 Å². The number of benzene rings is 1. The molecule has 2 nitrogen and oxygen atoms in total. The number of hydrogen-bond donors (Lipinski definition) is 0. The van der Waals surface area contributed by atoms with Crippen molar-refractivity contribution in [1.82, 2.24) is 0 Å². The summed E-state index contributed by atoms with van der Waals surface area (Å²) in [6.45, 7) is 7.90. The molecule has 1 atom stereocenters. The molecule has 0 heterocycles. The lowest BCUT2D eigenvalue weighted by Crippen LogP contribution is -2.30. The Labute approximate surface area is 109 Å². The minimum atomic E-state index is -2.26. The summed E-state index contributed by atoms with van der Waals surface area (Å²) in [5.41, 5.74) is 2.10. The lowest BCUT2D eigenvalue weighted by Gasteiger charge is -2.31. The maximum absolute atomic E-state index is 11.8. The smallest absolute Gasteiger partial charge is 0.199 e. The molecule has 1 unspecified atom stereocenters. The van der Waals surface area contributed by atoms with Crippen LogP contribution in [-0.2, 0) is 4.57 Å². The molecule has 0 aliphatic heterocycles. The van der Waals surface area contributed by atoms with Crippen molar-refractivity contribution in [2.45, 2.75) is 45.9 Å². The van der Waals surface area contributed by atoms with Crippen molar-refractivity contribution in [3.63, 3.8) is 0 Å². The zero-order chi connectivity index (χ0) is 13.1. The van der Waals surface area contributed by atoms with Crippen molar-refractivity contribution in [3.8, 4) is 5.75 Å². The summed E-state index contributed by atoms with van der Waals surface area (Å²) in [6.07, 6.45) is 1.30. The van der Waals surface area contributed by atoms with Crippen LogP contribution in [0.25, 0.3) is 0 Å². The van der Waals surface area contributed by atoms with E-state index in [1.165, 1.54) is 0 Å². The van der Waals surface area contributed by atoms with Crippen LogP contribution in [0, 0.1) is 13.8 Å². The Bertz CT molecular complexity index is 394. The molecule has 17 heavy (non-hydrogen) atoms. The number of rotatable bonds is 5. The van der Waals surface area contributed by atoms with Crippen molar-refractivity contribution in [2.75, 3.05) is 0 Å². The molecule has 0 saturated heterocycles. The Kier molecular flexibility index (Phi) is 5.09. The molecule has 0 N–H and O–H groups in total. The van der Waals surface area contributed by atoms with Crippen molar-refractivity contribution < 1.29 is 9.30 Å². The Hall–Kier alpha value is -0.460. The zero-order valence-corrected chi connectivity index (χ0v) is 12.6. The highest BCUT2D eigenvalue weighted by molar-refractivity contribution is 7.74. The molecule has 0 aromatic heterocycles. The highest BCUT2D eigenvalue weighted by Crippen LogP contribution is 2.49. The highest BCUT2D eigenvalue weighted by Gasteiger charge is 2.35. The first-order chi connectivity index (χ1) is 7.96. The number of aryl methyl sites for hydroxylation is 2. The standard InChI is InChI=1S/C13H20ClO2P/c1-5-13(6-2,17(14)15)16-12-10(3)8-7-9-11(12)4/h7-9,17H,5-6H2,1-4H3. The zero-order valence-electron chi connectivity index (χ0n) is 10.8. The summed E-state index contributed by atoms with van der Waals surface area (Å²) in [6, 6.07) is 5.97. The lowest BCUT2D eigenvalue weighted by molar-refractivity contribution is 0.145. The van der Waals surface area contributed by atoms with Gasteiger partial charge in [0.2, 0.25) is 0 Å². The quantitative estimate of drug-likeness (QED) is 0.713. The summed E-state index contributed by atoms with van der Waals surface area (Å²) in [4.78, 5) is 0. The van der Waals surface area contributed by atoms with Crippen LogP contribution >= 0.6 is 18.4 Å². The van der Waals surface area contributed by atoms with Gasteiger partial charge in [-0.1, -0.05) is 43.3 Å². The fourth-order valence-corrected chi connectivity index (χ4v) is 3.52. The molecule has 0 saturated carbocycles. The van der Waals surface area contributed by atoms with Gasteiger partial charge in [-0.05, 0) is 37.8 Å². The molecule has 1 aromatic carbocycles. The van der Waals surface area contributed by atoms with Crippen LogP contribution in [-0.4, -0.2) is 5.34 Å². The summed E-state index contributed by atoms with van der Waals surface area (Å²) in [7, 11) is -2.26. The molecular formula is C13H20ClO2P. The third kappa shape index (κ3) is 3.05. The number of halogens is 1. The number of ether oxygens (including phenoxy) is 1. The van der Waals surface area contributed by atoms with E-state index in [0.29, 0.717) is 12.8 Å². The Balaban J connectivity index is 3.14. The van der Waals surface area contributed by atoms with E-state index in [1.54, 1.807) is 0 Å². The molecular weight excluding hydrogens is 255 g/mol. The van der Waals surface area contributed by atoms with E-state index in [2.05, 4.69) is 0 Å². The minimum absolute atomic E-state index is 0.651. The van der Waals surface area contributed by atoms with Gasteiger partial charge in [0.15, 0.2) is 12.5 Å². The van der Waals surface area contributed by atoms with E-state index in [4.69, 9.17) is 16.0 Å². The molecule has 0 aliphatic carbocycles. The molecule has 1 aromatic rings. The maximum Gasteiger partial charge on any atom is 0.199 e. The monoisotopic (exact) mass is 274 g/mol. The second-order valence-electron chi connectivity index (χ2n) is 4.30. The van der Waals surface area contributed by atoms with Crippen LogP contribution in [0.3, 0.4) is 0 Å². The van der Waals surface area contributed by atoms with E-state index in [1.807, 2.05) is 45.9 Å². The third-order valence-electron chi connectivity index (χ3n) is 3.21. The van der Waals surface area contributed by atoms with Gasteiger partial charge in [-0.25, -0.2) is 0 Å². The third-order valence-corrected chi connectivity index (χ3v) is 5.77. The minimum Gasteiger partial charge on any atom is -0.478 e. The van der Waals surface area contributed by atoms with Crippen LogP contribution in [0.15, 0.2) is 18.2 Å². The van der Waals surface area contributed by atoms with E-state index < -0.39 is 12.5 Å². The van der Waals surface area contributed by atoms with Crippen LogP contribution in [0.1, 0.15) is 37.8 Å². The predicted octanol–water partition coefficient (Wildman–Crippen LogP) is 4.91. The average molecular weight is 275 g/mol. The number of hydrogen-bond acceptors (Lipinski definition) is 2. The number of para-hydroxylation sites is 1. The van der Waals surface area contributed by atoms with Gasteiger partial charge in [-0.15, -0.1) is 0 Å². The van der Waals surface area contributed by atoms with Crippen molar-refractivity contribution >= 4 is 18.4 Å². The molecule has 0 spiro atoms. The first-order valence-electron chi connectivity index (χ1n) is 5.92. The van der Waals surface area contributed by atoms with E-state index in [0.717, 1.165) is 16.9 Å². The van der Waals surface area contributed by atoms with Crippen molar-refractivity contribution in [3.05, 3.63) is 29.3 Å². The Morgan fingerprint density at radius 2 is 1.71 bits per heavy atom. The lowest BCUT2D eigenvalue weighted by atomic mass is 10.1. The summed E-state index contributed by atoms with van der Waals surface area (Å²) in [5.74, 6) is 0.815. The van der Waals surface area contributed by atoms with Gasteiger partial charge in [0.05, 0.1) is 0 Å². The highest BCUT2D eigenvalue weighted by atomic mass is 35.7. The van der Waals surface area contributed by atoms with Crippen LogP contribution in [0.5, 0.6) is 5.75 Å². The molecule has 1 rings (SSSR count). The summed E-state index contributed by atoms with van der Waals surface area (Å²) < 4.78 is 17.8. The second kappa shape index (κ2) is 5.93. The molecule has 0 bridgehead atoms. The molecule has 96 valence electrons. The van der Waals surface area contributed by atoms with Gasteiger partial charge >= 0.3 is 0 Å². The first-order valence-corrected chi connectivity index (χ1v) is 8.34. The van der Waals surface area contributed by atoms with Crippen molar-refractivity contribution in [2.24, 2.45) is 0 Å². The molecule has 0 aliphatic rings. The SMILES string of the molecule is CCC(CC)(Oc1c(C)cccc1C)[PH](=O)Cl. The average Bonchev–Trinajstić information content (AvgIpc) is 2.29. The van der Waals surface area contributed by atoms with E-state index >= 15 is 0 Å².